The van der Waals surface area contributed by atoms with Gasteiger partial charge in [0.05, 0.1) is 6.21 Å². The molecule has 4 nitrogen and oxygen atoms in total. The highest BCUT2D eigenvalue weighted by atomic mass is 32.1. The monoisotopic (exact) mass is 328 g/mol. The molecule has 1 saturated carbocycles. The van der Waals surface area contributed by atoms with Gasteiger partial charge in [-0.3, -0.25) is 5.10 Å². The van der Waals surface area contributed by atoms with E-state index >= 15 is 0 Å². The third-order valence-corrected chi connectivity index (χ3v) is 4.88. The van der Waals surface area contributed by atoms with Gasteiger partial charge in [-0.2, -0.15) is 14.9 Å². The molecule has 0 aliphatic heterocycles. The van der Waals surface area contributed by atoms with Gasteiger partial charge in [0.2, 0.25) is 4.77 Å². The molecule has 0 spiro atoms. The average Bonchev–Trinajstić information content (AvgIpc) is 2.93. The van der Waals surface area contributed by atoms with Crippen LogP contribution in [0.3, 0.4) is 0 Å². The fraction of sp³-hybridized carbons (Fsp3) is 0.500. The summed E-state index contributed by atoms with van der Waals surface area (Å²) in [5, 5.41) is 11.8. The average molecular weight is 328 g/mol. The fourth-order valence-electron chi connectivity index (χ4n) is 3.19. The number of aryl methyl sites for hydroxylation is 2. The van der Waals surface area contributed by atoms with E-state index in [0.717, 1.165) is 23.7 Å². The van der Waals surface area contributed by atoms with Crippen LogP contribution in [-0.2, 0) is 6.42 Å². The van der Waals surface area contributed by atoms with E-state index in [1.165, 1.54) is 44.1 Å². The molecule has 0 amide bonds. The molecule has 0 bridgehead atoms. The van der Waals surface area contributed by atoms with Crippen LogP contribution >= 0.6 is 12.2 Å². The zero-order valence-electron chi connectivity index (χ0n) is 13.7. The molecule has 0 radical (unpaired) electrons. The van der Waals surface area contributed by atoms with Crippen LogP contribution in [0, 0.1) is 17.6 Å². The first-order valence-corrected chi connectivity index (χ1v) is 8.90. The molecule has 1 fully saturated rings. The van der Waals surface area contributed by atoms with Crippen molar-refractivity contribution in [2.24, 2.45) is 11.0 Å². The molecule has 1 aliphatic rings. The van der Waals surface area contributed by atoms with Crippen LogP contribution in [0.4, 0.5) is 0 Å². The molecule has 122 valence electrons. The van der Waals surface area contributed by atoms with Crippen molar-refractivity contribution < 1.29 is 0 Å². The Bertz CT molecular complexity index is 705. The molecule has 0 unspecified atom stereocenters. The van der Waals surface area contributed by atoms with Crippen LogP contribution in [0.5, 0.6) is 0 Å². The quantitative estimate of drug-likeness (QED) is 0.642. The Labute approximate surface area is 142 Å². The normalized spacial score (nSPS) is 16.2. The molecule has 1 heterocycles. The van der Waals surface area contributed by atoms with Crippen molar-refractivity contribution in [3.8, 4) is 0 Å². The second-order valence-electron chi connectivity index (χ2n) is 6.45. The first-order valence-electron chi connectivity index (χ1n) is 8.50. The van der Waals surface area contributed by atoms with Gasteiger partial charge in [-0.05, 0) is 37.0 Å². The number of nitrogens with zero attached hydrogens (tertiary/aromatic N) is 3. The Morgan fingerprint density at radius 1 is 1.26 bits per heavy atom. The van der Waals surface area contributed by atoms with Crippen LogP contribution in [0.15, 0.2) is 29.4 Å². The number of hydrogen-bond donors (Lipinski definition) is 1. The molecule has 3 rings (SSSR count). The Hall–Kier alpha value is -1.75. The molecule has 0 saturated heterocycles. The van der Waals surface area contributed by atoms with E-state index in [2.05, 4.69) is 46.5 Å². The zero-order valence-corrected chi connectivity index (χ0v) is 14.5. The molecule has 1 aromatic carbocycles. The van der Waals surface area contributed by atoms with Gasteiger partial charge in [0.1, 0.15) is 0 Å². The maximum Gasteiger partial charge on any atom is 0.216 e. The highest BCUT2D eigenvalue weighted by Crippen LogP contribution is 2.27. The van der Waals surface area contributed by atoms with E-state index in [1.54, 1.807) is 4.68 Å². The molecular weight excluding hydrogens is 304 g/mol. The van der Waals surface area contributed by atoms with Gasteiger partial charge in [-0.1, -0.05) is 61.9 Å². The maximum atomic E-state index is 5.31. The molecular formula is C18H24N4S. The van der Waals surface area contributed by atoms with Crippen LogP contribution in [0.25, 0.3) is 0 Å². The fourth-order valence-corrected chi connectivity index (χ4v) is 3.39. The topological polar surface area (TPSA) is 46.0 Å². The summed E-state index contributed by atoms with van der Waals surface area (Å²) in [6, 6.07) is 8.29. The van der Waals surface area contributed by atoms with E-state index in [4.69, 9.17) is 12.2 Å². The summed E-state index contributed by atoms with van der Waals surface area (Å²) in [4.78, 5) is 0. The van der Waals surface area contributed by atoms with Gasteiger partial charge in [-0.25, -0.2) is 0 Å². The van der Waals surface area contributed by atoms with Gasteiger partial charge >= 0.3 is 0 Å². The second-order valence-corrected chi connectivity index (χ2v) is 6.84. The van der Waals surface area contributed by atoms with Gasteiger partial charge in [0.15, 0.2) is 5.82 Å². The van der Waals surface area contributed by atoms with Gasteiger partial charge in [0.25, 0.3) is 0 Å². The van der Waals surface area contributed by atoms with Gasteiger partial charge in [-0.15, -0.1) is 0 Å². The minimum atomic E-state index is 0.562. The molecule has 1 aliphatic carbocycles. The standard InChI is InChI=1S/C18H24N4S/c1-14-7-9-16(10-8-14)13-19-22-17(20-21-18(22)23)12-11-15-5-3-2-4-6-15/h7-10,13,15H,2-6,11-12H2,1H3,(H,21,23)/b19-13-. The van der Waals surface area contributed by atoms with E-state index in [-0.39, 0.29) is 0 Å². The lowest BCUT2D eigenvalue weighted by molar-refractivity contribution is 0.336. The van der Waals surface area contributed by atoms with E-state index in [9.17, 15) is 0 Å². The number of H-pyrrole nitrogens is 1. The van der Waals surface area contributed by atoms with Crippen molar-refractivity contribution in [1.29, 1.82) is 0 Å². The molecule has 2 aromatic rings. The summed E-state index contributed by atoms with van der Waals surface area (Å²) >= 11 is 5.31. The third-order valence-electron chi connectivity index (χ3n) is 4.62. The molecule has 5 heteroatoms. The van der Waals surface area contributed by atoms with Crippen LogP contribution in [0.1, 0.15) is 55.5 Å². The molecule has 23 heavy (non-hydrogen) atoms. The van der Waals surface area contributed by atoms with E-state index in [1.807, 2.05) is 6.21 Å². The number of aromatic nitrogens is 3. The van der Waals surface area contributed by atoms with Gasteiger partial charge < -0.3 is 0 Å². The zero-order chi connectivity index (χ0) is 16.1. The summed E-state index contributed by atoms with van der Waals surface area (Å²) in [7, 11) is 0. The molecule has 0 atom stereocenters. The van der Waals surface area contributed by atoms with E-state index < -0.39 is 0 Å². The summed E-state index contributed by atoms with van der Waals surface area (Å²) < 4.78 is 2.32. The lowest BCUT2D eigenvalue weighted by atomic mass is 9.86. The van der Waals surface area contributed by atoms with Crippen molar-refractivity contribution in [3.05, 3.63) is 46.0 Å². The predicted octanol–water partition coefficient (Wildman–Crippen LogP) is 4.64. The largest absolute Gasteiger partial charge is 0.250 e. The Kier molecular flexibility index (Phi) is 5.39. The van der Waals surface area contributed by atoms with Crippen LogP contribution in [0.2, 0.25) is 0 Å². The van der Waals surface area contributed by atoms with Gasteiger partial charge in [0, 0.05) is 6.42 Å². The smallest absolute Gasteiger partial charge is 0.216 e. The van der Waals surface area contributed by atoms with Crippen molar-refractivity contribution in [3.63, 3.8) is 0 Å². The first kappa shape index (κ1) is 16.1. The lowest BCUT2D eigenvalue weighted by Gasteiger charge is -2.20. The van der Waals surface area contributed by atoms with Crippen molar-refractivity contribution >= 4 is 18.4 Å². The molecule has 1 N–H and O–H groups in total. The number of aromatic amines is 1. The van der Waals surface area contributed by atoms with Crippen LogP contribution in [-0.4, -0.2) is 21.1 Å². The van der Waals surface area contributed by atoms with Crippen molar-refractivity contribution in [2.45, 2.75) is 51.9 Å². The van der Waals surface area contributed by atoms with Crippen LogP contribution < -0.4 is 0 Å². The number of nitrogens with one attached hydrogen (secondary N) is 1. The Balaban J connectivity index is 1.68. The third kappa shape index (κ3) is 4.38. The number of hydrogen-bond acceptors (Lipinski definition) is 3. The summed E-state index contributed by atoms with van der Waals surface area (Å²) in [6.45, 7) is 2.08. The minimum Gasteiger partial charge on any atom is -0.250 e. The second kappa shape index (κ2) is 7.68. The van der Waals surface area contributed by atoms with Crippen molar-refractivity contribution in [1.82, 2.24) is 14.9 Å². The van der Waals surface area contributed by atoms with Crippen molar-refractivity contribution in [2.75, 3.05) is 0 Å². The maximum absolute atomic E-state index is 5.31. The lowest BCUT2D eigenvalue weighted by Crippen LogP contribution is -2.09. The molecule has 1 aromatic heterocycles. The highest BCUT2D eigenvalue weighted by molar-refractivity contribution is 7.71. The summed E-state index contributed by atoms with van der Waals surface area (Å²) in [5.74, 6) is 1.77. The summed E-state index contributed by atoms with van der Waals surface area (Å²) in [6.07, 6.45) is 10.8. The predicted molar refractivity (Wildman–Crippen MR) is 96.5 cm³/mol. The minimum absolute atomic E-state index is 0.562. The summed E-state index contributed by atoms with van der Waals surface area (Å²) in [5.41, 5.74) is 2.31. The number of rotatable bonds is 5. The first-order chi connectivity index (χ1) is 11.2. The van der Waals surface area contributed by atoms with E-state index in [0.29, 0.717) is 4.77 Å². The Morgan fingerprint density at radius 3 is 2.74 bits per heavy atom. The Morgan fingerprint density at radius 2 is 2.00 bits per heavy atom. The highest BCUT2D eigenvalue weighted by Gasteiger charge is 2.15. The SMILES string of the molecule is Cc1ccc(/C=N\n2c(CCC3CCCCC3)n[nH]c2=S)cc1. The number of benzene rings is 1.